The molecule has 3 aromatic rings. The third kappa shape index (κ3) is 3.96. The summed E-state index contributed by atoms with van der Waals surface area (Å²) in [6.45, 7) is 0. The van der Waals surface area contributed by atoms with E-state index in [-0.39, 0.29) is 12.1 Å². The van der Waals surface area contributed by atoms with Gasteiger partial charge < -0.3 is 9.31 Å². The van der Waals surface area contributed by atoms with Crippen LogP contribution in [0.25, 0.3) is 0 Å². The third-order valence-electron chi connectivity index (χ3n) is 4.10. The first-order chi connectivity index (χ1) is 15.8. The molecule has 0 spiro atoms. The van der Waals surface area contributed by atoms with Gasteiger partial charge in [0.15, 0.2) is 23.1 Å². The first-order valence-corrected chi connectivity index (χ1v) is 8.29. The van der Waals surface area contributed by atoms with Crippen molar-refractivity contribution in [1.29, 1.82) is 0 Å². The van der Waals surface area contributed by atoms with Crippen LogP contribution in [0.4, 0.5) is 57.1 Å². The Labute approximate surface area is 179 Å². The molecule has 2 nitrogen and oxygen atoms in total. The molecule has 0 fully saturated rings. The molecule has 0 N–H and O–H groups in total. The molecule has 0 bridgehead atoms. The summed E-state index contributed by atoms with van der Waals surface area (Å²) in [5, 5.41) is 0. The molecule has 0 radical (unpaired) electrons. The minimum absolute atomic E-state index is 0.102. The number of hydrogen-bond donors (Lipinski definition) is 0. The smallest absolute Gasteiger partial charge is 0.517 e. The summed E-state index contributed by atoms with van der Waals surface area (Å²) in [4.78, 5) is 0. The monoisotopic (exact) mass is 508 g/mol. The fourth-order valence-corrected chi connectivity index (χ4v) is 2.49. The van der Waals surface area contributed by atoms with Crippen LogP contribution in [0.2, 0.25) is 0 Å². The molecule has 3 rings (SSSR count). The minimum atomic E-state index is -3.41. The van der Waals surface area contributed by atoms with Crippen LogP contribution in [0.1, 0.15) is 0 Å². The highest BCUT2D eigenvalue weighted by atomic mass is 19.2. The van der Waals surface area contributed by atoms with E-state index in [1.54, 1.807) is 0 Å². The van der Waals surface area contributed by atoms with Crippen LogP contribution in [0.3, 0.4) is 0 Å². The van der Waals surface area contributed by atoms with Crippen LogP contribution in [-0.2, 0) is 0 Å². The Morgan fingerprint density at radius 1 is 0.382 bits per heavy atom. The summed E-state index contributed by atoms with van der Waals surface area (Å²) < 4.78 is 186. The lowest BCUT2D eigenvalue weighted by Crippen LogP contribution is -2.47. The summed E-state index contributed by atoms with van der Waals surface area (Å²) in [7, 11) is -3.41. The Balaban J connectivity index is 2.27. The fraction of sp³-hybridized carbons (Fsp3) is 0. The van der Waals surface area contributed by atoms with Gasteiger partial charge in [0.25, 0.3) is 0 Å². The van der Waals surface area contributed by atoms with Crippen molar-refractivity contribution in [2.24, 2.45) is 0 Å². The molecule has 0 aliphatic heterocycles. The van der Waals surface area contributed by atoms with Gasteiger partial charge in [-0.05, 0) is 12.1 Å². The van der Waals surface area contributed by atoms with Gasteiger partial charge in [-0.1, -0.05) is 0 Å². The SMILES string of the molecule is Fc1ccc(F)c(B(Oc2c(F)c(F)c(F)c(F)c2F)Oc2c(F)c(F)c(F)c(F)c2F)c1F. The molecule has 0 amide bonds. The average Bonchev–Trinajstić information content (AvgIpc) is 2.81. The van der Waals surface area contributed by atoms with Crippen molar-refractivity contribution in [3.05, 3.63) is 87.8 Å². The van der Waals surface area contributed by atoms with Crippen molar-refractivity contribution in [1.82, 2.24) is 0 Å². The fourth-order valence-electron chi connectivity index (χ4n) is 2.49. The zero-order valence-corrected chi connectivity index (χ0v) is 15.5. The van der Waals surface area contributed by atoms with E-state index in [0.29, 0.717) is 0 Å². The van der Waals surface area contributed by atoms with Crippen LogP contribution < -0.4 is 14.8 Å². The third-order valence-corrected chi connectivity index (χ3v) is 4.10. The highest BCUT2D eigenvalue weighted by Gasteiger charge is 2.41. The molecule has 0 saturated carbocycles. The summed E-state index contributed by atoms with van der Waals surface area (Å²) in [6, 6.07) is 0.229. The van der Waals surface area contributed by atoms with E-state index in [1.807, 2.05) is 0 Å². The molecule has 34 heavy (non-hydrogen) atoms. The van der Waals surface area contributed by atoms with Gasteiger partial charge in [0.05, 0.1) is 5.46 Å². The number of rotatable bonds is 5. The maximum Gasteiger partial charge on any atom is 0.639 e. The van der Waals surface area contributed by atoms with Crippen LogP contribution in [0.5, 0.6) is 11.5 Å². The van der Waals surface area contributed by atoms with Crippen LogP contribution in [0, 0.1) is 75.6 Å². The van der Waals surface area contributed by atoms with Gasteiger partial charge in [-0.3, -0.25) is 0 Å². The summed E-state index contributed by atoms with van der Waals surface area (Å²) in [5.74, 6) is -38.2. The standard InChI is InChI=1S/C18H2BF13O2/c20-3-1-2-4(21)6(22)5(3)19(33-17-13(29)9(25)7(23)10(26)14(17)30)34-18-15(31)11(27)8(24)12(28)16(18)32/h1-2H. The number of benzene rings is 3. The van der Waals surface area contributed by atoms with Crippen molar-refractivity contribution in [2.45, 2.75) is 0 Å². The van der Waals surface area contributed by atoms with E-state index in [2.05, 4.69) is 9.31 Å². The predicted octanol–water partition coefficient (Wildman–Crippen LogP) is 5.35. The Bertz CT molecular complexity index is 1180. The van der Waals surface area contributed by atoms with Gasteiger partial charge in [0.1, 0.15) is 5.82 Å². The molecule has 0 aromatic heterocycles. The Hall–Kier alpha value is -3.59. The van der Waals surface area contributed by atoms with Gasteiger partial charge in [-0.15, -0.1) is 0 Å². The predicted molar refractivity (Wildman–Crippen MR) is 85.4 cm³/mol. The first-order valence-electron chi connectivity index (χ1n) is 8.29. The highest BCUT2D eigenvalue weighted by molar-refractivity contribution is 6.63. The topological polar surface area (TPSA) is 18.5 Å². The Morgan fingerprint density at radius 2 is 0.676 bits per heavy atom. The minimum Gasteiger partial charge on any atom is -0.517 e. The molecule has 0 saturated heterocycles. The van der Waals surface area contributed by atoms with Gasteiger partial charge >= 0.3 is 7.12 Å². The molecule has 0 atom stereocenters. The van der Waals surface area contributed by atoms with E-state index in [4.69, 9.17) is 0 Å². The largest absolute Gasteiger partial charge is 0.639 e. The lowest BCUT2D eigenvalue weighted by atomic mass is 9.77. The first kappa shape index (κ1) is 25.0. The lowest BCUT2D eigenvalue weighted by molar-refractivity contribution is 0.315. The van der Waals surface area contributed by atoms with Gasteiger partial charge in [-0.25, -0.2) is 39.5 Å². The number of hydrogen-bond acceptors (Lipinski definition) is 2. The zero-order valence-electron chi connectivity index (χ0n) is 15.5. The maximum absolute atomic E-state index is 14.2. The zero-order chi connectivity index (χ0) is 25.6. The second-order valence-electron chi connectivity index (χ2n) is 6.12. The quantitative estimate of drug-likeness (QED) is 0.201. The molecule has 0 aliphatic rings. The van der Waals surface area contributed by atoms with Crippen molar-refractivity contribution in [2.75, 3.05) is 0 Å². The Kier molecular flexibility index (Phi) is 6.62. The van der Waals surface area contributed by atoms with E-state index >= 15 is 0 Å². The van der Waals surface area contributed by atoms with Crippen molar-refractivity contribution in [3.8, 4) is 11.5 Å². The van der Waals surface area contributed by atoms with Gasteiger partial charge in [-0.2, -0.15) is 17.6 Å². The molecule has 0 unspecified atom stereocenters. The summed E-state index contributed by atoms with van der Waals surface area (Å²) in [5.41, 5.74) is -1.94. The summed E-state index contributed by atoms with van der Waals surface area (Å²) in [6.07, 6.45) is 0. The molecule has 3 aromatic carbocycles. The van der Waals surface area contributed by atoms with Crippen LogP contribution in [-0.4, -0.2) is 7.12 Å². The second kappa shape index (κ2) is 8.98. The van der Waals surface area contributed by atoms with E-state index in [1.165, 1.54) is 0 Å². The molecular formula is C18H2BF13O2. The second-order valence-corrected chi connectivity index (χ2v) is 6.12. The van der Waals surface area contributed by atoms with Gasteiger partial charge in [0.2, 0.25) is 58.2 Å². The molecule has 0 heterocycles. The van der Waals surface area contributed by atoms with Gasteiger partial charge in [0, 0.05) is 0 Å². The number of halogens is 13. The normalized spacial score (nSPS) is 11.1. The lowest BCUT2D eigenvalue weighted by Gasteiger charge is -2.20. The summed E-state index contributed by atoms with van der Waals surface area (Å²) >= 11 is 0. The molecule has 16 heteroatoms. The molecule has 0 aliphatic carbocycles. The molecular weight excluding hydrogens is 506 g/mol. The van der Waals surface area contributed by atoms with Crippen molar-refractivity contribution >= 4 is 12.6 Å². The van der Waals surface area contributed by atoms with E-state index < -0.39 is 99.7 Å². The average molecular weight is 508 g/mol. The van der Waals surface area contributed by atoms with Crippen LogP contribution in [0.15, 0.2) is 12.1 Å². The highest BCUT2D eigenvalue weighted by Crippen LogP contribution is 2.32. The maximum atomic E-state index is 14.2. The van der Waals surface area contributed by atoms with E-state index in [9.17, 15) is 57.1 Å². The van der Waals surface area contributed by atoms with Crippen molar-refractivity contribution < 1.29 is 66.4 Å². The van der Waals surface area contributed by atoms with E-state index in [0.717, 1.165) is 0 Å². The Morgan fingerprint density at radius 3 is 1.03 bits per heavy atom. The van der Waals surface area contributed by atoms with Crippen molar-refractivity contribution in [3.63, 3.8) is 0 Å². The van der Waals surface area contributed by atoms with Crippen LogP contribution >= 0.6 is 0 Å². The molecule has 180 valence electrons.